The fraction of sp³-hybridized carbons (Fsp3) is 0.304. The van der Waals surface area contributed by atoms with Crippen LogP contribution in [-0.2, 0) is 11.0 Å². The number of halogens is 13. The number of benzene rings is 2. The zero-order valence-corrected chi connectivity index (χ0v) is 22.8. The molecule has 1 atom stereocenters. The fourth-order valence-corrected chi connectivity index (χ4v) is 4.50. The van der Waals surface area contributed by atoms with E-state index < -0.39 is 83.6 Å². The SMILES string of the molecule is O=C(CCC(F)(F)F)NCC(=O)c1ccc(/C(F)=C/C(c2cc(Br)c(Cl)c(Br)c2)C(F)(F)F)cc1C(F)(F)F. The predicted molar refractivity (Wildman–Crippen MR) is 129 cm³/mol. The smallest absolute Gasteiger partial charge is 0.349 e. The molecule has 0 heterocycles. The summed E-state index contributed by atoms with van der Waals surface area (Å²) in [6, 6.07) is 3.16. The Bertz CT molecular complexity index is 1250. The highest BCUT2D eigenvalue weighted by Crippen LogP contribution is 2.43. The van der Waals surface area contributed by atoms with Crippen LogP contribution in [0.3, 0.4) is 0 Å². The van der Waals surface area contributed by atoms with Gasteiger partial charge in [0.15, 0.2) is 5.78 Å². The molecule has 0 spiro atoms. The van der Waals surface area contributed by atoms with Crippen molar-refractivity contribution in [2.45, 2.75) is 37.3 Å². The molecule has 0 aliphatic carbocycles. The van der Waals surface area contributed by atoms with E-state index in [1.54, 1.807) is 5.32 Å². The number of ketones is 1. The Morgan fingerprint density at radius 3 is 2.00 bits per heavy atom. The van der Waals surface area contributed by atoms with Crippen molar-refractivity contribution in [3.8, 4) is 0 Å². The normalized spacial score (nSPS) is 13.8. The van der Waals surface area contributed by atoms with Gasteiger partial charge in [-0.25, -0.2) is 4.39 Å². The Hall–Kier alpha value is -2.13. The first-order chi connectivity index (χ1) is 17.7. The molecule has 0 saturated heterocycles. The summed E-state index contributed by atoms with van der Waals surface area (Å²) in [5, 5.41) is 1.78. The first-order valence-corrected chi connectivity index (χ1v) is 12.3. The standard InChI is InChI=1S/C23H14Br2ClF10NO2/c24-15-6-11(7-16(25)20(15)26)13(22(31,32)33)8-17(27)10-1-2-12(14(5-10)23(34,35)36)18(38)9-37-19(39)3-4-21(28,29)30/h1-2,5-8,13H,3-4,9H2,(H,37,39)/b17-8-. The number of carbonyl (C=O) groups excluding carboxylic acids is 2. The first kappa shape index (κ1) is 33.1. The van der Waals surface area contributed by atoms with Gasteiger partial charge < -0.3 is 5.32 Å². The molecule has 3 nitrogen and oxygen atoms in total. The maximum Gasteiger partial charge on any atom is 0.417 e. The molecule has 2 aromatic rings. The summed E-state index contributed by atoms with van der Waals surface area (Å²) in [5.74, 6) is -6.92. The van der Waals surface area contributed by atoms with E-state index >= 15 is 0 Å². The van der Waals surface area contributed by atoms with Gasteiger partial charge in [-0.05, 0) is 61.7 Å². The zero-order chi connectivity index (χ0) is 29.9. The van der Waals surface area contributed by atoms with E-state index in [9.17, 15) is 53.5 Å². The number of hydrogen-bond acceptors (Lipinski definition) is 2. The molecular weight excluding hydrogens is 707 g/mol. The number of nitrogens with one attached hydrogen (secondary N) is 1. The molecule has 0 aliphatic rings. The lowest BCUT2D eigenvalue weighted by atomic mass is 9.95. The number of rotatable bonds is 8. The minimum atomic E-state index is -5.28. The molecule has 0 radical (unpaired) electrons. The second-order valence-corrected chi connectivity index (χ2v) is 9.99. The number of allylic oxidation sites excluding steroid dienone is 1. The molecule has 39 heavy (non-hydrogen) atoms. The molecule has 1 N–H and O–H groups in total. The van der Waals surface area contributed by atoms with Crippen molar-refractivity contribution in [3.05, 3.63) is 72.6 Å². The van der Waals surface area contributed by atoms with Gasteiger partial charge in [0.1, 0.15) is 11.7 Å². The van der Waals surface area contributed by atoms with Gasteiger partial charge in [0.25, 0.3) is 0 Å². The molecule has 2 rings (SSSR count). The molecule has 16 heteroatoms. The van der Waals surface area contributed by atoms with Gasteiger partial charge in [-0.15, -0.1) is 0 Å². The summed E-state index contributed by atoms with van der Waals surface area (Å²) >= 11 is 11.8. The van der Waals surface area contributed by atoms with Crippen LogP contribution in [0.25, 0.3) is 5.83 Å². The number of amides is 1. The van der Waals surface area contributed by atoms with E-state index in [0.29, 0.717) is 12.1 Å². The van der Waals surface area contributed by atoms with Crippen molar-refractivity contribution in [1.29, 1.82) is 0 Å². The molecule has 2 aromatic carbocycles. The maximum absolute atomic E-state index is 14.9. The van der Waals surface area contributed by atoms with Crippen LogP contribution in [0, 0.1) is 0 Å². The molecule has 0 bridgehead atoms. The van der Waals surface area contributed by atoms with Gasteiger partial charge in [0.05, 0.1) is 23.6 Å². The summed E-state index contributed by atoms with van der Waals surface area (Å²) in [4.78, 5) is 23.7. The lowest BCUT2D eigenvalue weighted by molar-refractivity contribution is -0.144. The Balaban J connectivity index is 2.41. The van der Waals surface area contributed by atoms with Crippen LogP contribution in [0.1, 0.15) is 45.8 Å². The van der Waals surface area contributed by atoms with Crippen LogP contribution in [-0.4, -0.2) is 30.6 Å². The van der Waals surface area contributed by atoms with Crippen molar-refractivity contribution in [2.24, 2.45) is 0 Å². The third-order valence-corrected chi connectivity index (χ3v) is 7.13. The Morgan fingerprint density at radius 1 is 0.949 bits per heavy atom. The van der Waals surface area contributed by atoms with Crippen LogP contribution in [0.4, 0.5) is 43.9 Å². The van der Waals surface area contributed by atoms with Crippen LogP contribution >= 0.6 is 43.5 Å². The monoisotopic (exact) mass is 719 g/mol. The van der Waals surface area contributed by atoms with E-state index in [-0.39, 0.29) is 26.1 Å². The third kappa shape index (κ3) is 9.48. The molecule has 1 unspecified atom stereocenters. The van der Waals surface area contributed by atoms with E-state index in [0.717, 1.165) is 12.1 Å². The predicted octanol–water partition coefficient (Wildman–Crippen LogP) is 9.18. The summed E-state index contributed by atoms with van der Waals surface area (Å²) in [6.45, 7) is -1.10. The maximum atomic E-state index is 14.9. The molecule has 0 aromatic heterocycles. The van der Waals surface area contributed by atoms with Crippen molar-refractivity contribution in [3.63, 3.8) is 0 Å². The minimum Gasteiger partial charge on any atom is -0.349 e. The van der Waals surface area contributed by atoms with E-state index in [2.05, 4.69) is 31.9 Å². The van der Waals surface area contributed by atoms with Gasteiger partial charge in [-0.3, -0.25) is 9.59 Å². The summed E-state index contributed by atoms with van der Waals surface area (Å²) < 4.78 is 134. The van der Waals surface area contributed by atoms with E-state index in [4.69, 9.17) is 11.6 Å². The molecule has 214 valence electrons. The van der Waals surface area contributed by atoms with Crippen LogP contribution in [0.2, 0.25) is 5.02 Å². The van der Waals surface area contributed by atoms with E-state index in [1.165, 1.54) is 0 Å². The summed E-state index contributed by atoms with van der Waals surface area (Å²) in [6.07, 6.45) is -17.6. The summed E-state index contributed by atoms with van der Waals surface area (Å²) in [5.41, 5.74) is -4.23. The van der Waals surface area contributed by atoms with E-state index in [1.807, 2.05) is 0 Å². The average Bonchev–Trinajstić information content (AvgIpc) is 2.80. The third-order valence-electron chi connectivity index (χ3n) is 5.01. The van der Waals surface area contributed by atoms with Gasteiger partial charge in [0, 0.05) is 26.5 Å². The Kier molecular flexibility index (Phi) is 10.7. The lowest BCUT2D eigenvalue weighted by Crippen LogP contribution is -2.31. The highest BCUT2D eigenvalue weighted by atomic mass is 79.9. The number of hydrogen-bond donors (Lipinski definition) is 1. The van der Waals surface area contributed by atoms with Crippen molar-refractivity contribution >= 4 is 61.0 Å². The first-order valence-electron chi connectivity index (χ1n) is 10.4. The van der Waals surface area contributed by atoms with Gasteiger partial charge in [-0.1, -0.05) is 23.7 Å². The van der Waals surface area contributed by atoms with Crippen molar-refractivity contribution in [1.82, 2.24) is 5.32 Å². The summed E-state index contributed by atoms with van der Waals surface area (Å²) in [7, 11) is 0. The van der Waals surface area contributed by atoms with Crippen molar-refractivity contribution in [2.75, 3.05) is 6.54 Å². The fourth-order valence-electron chi connectivity index (χ4n) is 3.17. The van der Waals surface area contributed by atoms with Crippen LogP contribution in [0.15, 0.2) is 45.4 Å². The highest BCUT2D eigenvalue weighted by molar-refractivity contribution is 9.11. The number of alkyl halides is 9. The Morgan fingerprint density at radius 2 is 1.51 bits per heavy atom. The van der Waals surface area contributed by atoms with Gasteiger partial charge in [-0.2, -0.15) is 39.5 Å². The van der Waals surface area contributed by atoms with Gasteiger partial charge in [0.2, 0.25) is 5.91 Å². The molecular formula is C23H14Br2ClF10NO2. The van der Waals surface area contributed by atoms with Crippen molar-refractivity contribution < 1.29 is 53.5 Å². The number of carbonyl (C=O) groups is 2. The highest BCUT2D eigenvalue weighted by Gasteiger charge is 2.41. The second kappa shape index (κ2) is 12.6. The molecule has 0 aliphatic heterocycles. The topological polar surface area (TPSA) is 46.2 Å². The largest absolute Gasteiger partial charge is 0.417 e. The molecule has 0 fully saturated rings. The zero-order valence-electron chi connectivity index (χ0n) is 18.9. The minimum absolute atomic E-state index is 0.0238. The quantitative estimate of drug-likeness (QED) is 0.168. The molecule has 1 amide bonds. The van der Waals surface area contributed by atoms with Gasteiger partial charge >= 0.3 is 18.5 Å². The Labute approximate surface area is 235 Å². The van der Waals surface area contributed by atoms with Crippen LogP contribution < -0.4 is 5.32 Å². The number of Topliss-reactive ketones (excluding diaryl/α,β-unsaturated/α-hetero) is 1. The lowest BCUT2D eigenvalue weighted by Gasteiger charge is -2.19. The molecule has 0 saturated carbocycles. The second-order valence-electron chi connectivity index (χ2n) is 7.91. The van der Waals surface area contributed by atoms with Crippen LogP contribution in [0.5, 0.6) is 0 Å². The average molecular weight is 722 g/mol.